The van der Waals surface area contributed by atoms with Crippen LogP contribution in [0.3, 0.4) is 0 Å². The van der Waals surface area contributed by atoms with Gasteiger partial charge in [0.05, 0.1) is 0 Å². The second-order valence-corrected chi connectivity index (χ2v) is 9.33. The fourth-order valence-electron chi connectivity index (χ4n) is 3.59. The summed E-state index contributed by atoms with van der Waals surface area (Å²) in [5, 5.41) is 13.0. The molecule has 1 atom stereocenters. The van der Waals surface area contributed by atoms with Crippen LogP contribution in [0, 0.1) is 18.3 Å². The van der Waals surface area contributed by atoms with Gasteiger partial charge in [-0.2, -0.15) is 5.10 Å². The minimum absolute atomic E-state index is 0.391. The standard InChI is InChI=1S/C20H32ClN5O/c1-14-10-17(24-27-14)18-16(19(21)25(5)23-18)13-26-9-6-15(12-26)11-22-8-7-20(2,3)4/h10,15,22H,6-9,11-13H2,1-5H3/t15-/m1/s1. The molecule has 0 radical (unpaired) electrons. The molecule has 1 saturated heterocycles. The fourth-order valence-corrected chi connectivity index (χ4v) is 3.77. The van der Waals surface area contributed by atoms with Gasteiger partial charge in [-0.25, -0.2) is 0 Å². The van der Waals surface area contributed by atoms with Gasteiger partial charge < -0.3 is 9.84 Å². The predicted molar refractivity (Wildman–Crippen MR) is 109 cm³/mol. The molecule has 3 heterocycles. The Kier molecular flexibility index (Phi) is 6.28. The second-order valence-electron chi connectivity index (χ2n) is 8.97. The summed E-state index contributed by atoms with van der Waals surface area (Å²) in [4.78, 5) is 2.47. The highest BCUT2D eigenvalue weighted by atomic mass is 35.5. The molecule has 1 aliphatic heterocycles. The monoisotopic (exact) mass is 393 g/mol. The number of nitrogens with zero attached hydrogens (tertiary/aromatic N) is 4. The molecule has 1 N–H and O–H groups in total. The summed E-state index contributed by atoms with van der Waals surface area (Å²) in [6, 6.07) is 1.91. The lowest BCUT2D eigenvalue weighted by molar-refractivity contribution is 0.311. The molecule has 7 heteroatoms. The smallest absolute Gasteiger partial charge is 0.134 e. The molecule has 3 rings (SSSR count). The van der Waals surface area contributed by atoms with Crippen LogP contribution in [0.15, 0.2) is 10.6 Å². The summed E-state index contributed by atoms with van der Waals surface area (Å²) in [6.45, 7) is 13.9. The number of rotatable bonds is 7. The quantitative estimate of drug-likeness (QED) is 0.723. The second kappa shape index (κ2) is 8.33. The molecular formula is C20H32ClN5O. The van der Waals surface area contributed by atoms with Gasteiger partial charge in [-0.3, -0.25) is 9.58 Å². The van der Waals surface area contributed by atoms with Crippen molar-refractivity contribution in [2.45, 2.75) is 47.1 Å². The van der Waals surface area contributed by atoms with Gasteiger partial charge in [0.15, 0.2) is 0 Å². The Labute approximate surface area is 167 Å². The van der Waals surface area contributed by atoms with Crippen LogP contribution < -0.4 is 5.32 Å². The van der Waals surface area contributed by atoms with Crippen molar-refractivity contribution < 1.29 is 4.52 Å². The van der Waals surface area contributed by atoms with Crippen LogP contribution in [0.1, 0.15) is 44.9 Å². The van der Waals surface area contributed by atoms with Crippen LogP contribution in [0.4, 0.5) is 0 Å². The molecule has 27 heavy (non-hydrogen) atoms. The van der Waals surface area contributed by atoms with E-state index >= 15 is 0 Å². The summed E-state index contributed by atoms with van der Waals surface area (Å²) in [6.07, 6.45) is 2.42. The zero-order valence-corrected chi connectivity index (χ0v) is 17.9. The van der Waals surface area contributed by atoms with Crippen molar-refractivity contribution in [1.82, 2.24) is 25.2 Å². The van der Waals surface area contributed by atoms with E-state index in [4.69, 9.17) is 16.1 Å². The molecular weight excluding hydrogens is 362 g/mol. The molecule has 0 aromatic carbocycles. The molecule has 150 valence electrons. The highest BCUT2D eigenvalue weighted by Gasteiger charge is 2.26. The van der Waals surface area contributed by atoms with Crippen LogP contribution in [0.25, 0.3) is 11.4 Å². The third-order valence-electron chi connectivity index (χ3n) is 5.18. The van der Waals surface area contributed by atoms with Crippen molar-refractivity contribution in [3.8, 4) is 11.4 Å². The van der Waals surface area contributed by atoms with Crippen LogP contribution in [0.2, 0.25) is 5.15 Å². The Morgan fingerprint density at radius 2 is 2.15 bits per heavy atom. The zero-order chi connectivity index (χ0) is 19.6. The van der Waals surface area contributed by atoms with Crippen molar-refractivity contribution in [2.24, 2.45) is 18.4 Å². The van der Waals surface area contributed by atoms with E-state index in [1.807, 2.05) is 20.0 Å². The van der Waals surface area contributed by atoms with E-state index in [9.17, 15) is 0 Å². The van der Waals surface area contributed by atoms with E-state index in [1.54, 1.807) is 4.68 Å². The Morgan fingerprint density at radius 3 is 2.81 bits per heavy atom. The Balaban J connectivity index is 1.57. The van der Waals surface area contributed by atoms with Gasteiger partial charge in [-0.1, -0.05) is 37.5 Å². The Hall–Kier alpha value is -1.37. The minimum Gasteiger partial charge on any atom is -0.361 e. The topological polar surface area (TPSA) is 59.1 Å². The number of hydrogen-bond acceptors (Lipinski definition) is 5. The average Bonchev–Trinajstić information content (AvgIpc) is 3.27. The zero-order valence-electron chi connectivity index (χ0n) is 17.2. The SMILES string of the molecule is Cc1cc(-c2nn(C)c(Cl)c2CN2CC[C@H](CNCCC(C)(C)C)C2)no1. The highest BCUT2D eigenvalue weighted by molar-refractivity contribution is 6.30. The normalized spacial score (nSPS) is 18.5. The fraction of sp³-hybridized carbons (Fsp3) is 0.700. The van der Waals surface area contributed by atoms with Gasteiger partial charge >= 0.3 is 0 Å². The number of aromatic nitrogens is 3. The molecule has 0 bridgehead atoms. The Bertz CT molecular complexity index is 761. The van der Waals surface area contributed by atoms with Crippen molar-refractivity contribution in [3.05, 3.63) is 22.5 Å². The van der Waals surface area contributed by atoms with E-state index in [2.05, 4.69) is 41.2 Å². The van der Waals surface area contributed by atoms with Crippen LogP contribution in [-0.2, 0) is 13.6 Å². The maximum atomic E-state index is 6.53. The van der Waals surface area contributed by atoms with Gasteiger partial charge in [-0.05, 0) is 50.7 Å². The van der Waals surface area contributed by atoms with E-state index < -0.39 is 0 Å². The number of hydrogen-bond donors (Lipinski definition) is 1. The number of aryl methyl sites for hydroxylation is 2. The number of halogens is 1. The van der Waals surface area contributed by atoms with Gasteiger partial charge in [0, 0.05) is 31.8 Å². The first-order chi connectivity index (χ1) is 12.7. The largest absolute Gasteiger partial charge is 0.361 e. The van der Waals surface area contributed by atoms with Crippen molar-refractivity contribution in [3.63, 3.8) is 0 Å². The van der Waals surface area contributed by atoms with Gasteiger partial charge in [0.1, 0.15) is 22.3 Å². The van der Waals surface area contributed by atoms with Crippen LogP contribution in [-0.4, -0.2) is 46.0 Å². The van der Waals surface area contributed by atoms with Crippen molar-refractivity contribution >= 4 is 11.6 Å². The molecule has 2 aromatic rings. The van der Waals surface area contributed by atoms with Gasteiger partial charge in [-0.15, -0.1) is 0 Å². The molecule has 1 fully saturated rings. The molecule has 0 aliphatic carbocycles. The summed E-state index contributed by atoms with van der Waals surface area (Å²) in [5.74, 6) is 1.47. The van der Waals surface area contributed by atoms with Crippen molar-refractivity contribution in [2.75, 3.05) is 26.2 Å². The lowest BCUT2D eigenvalue weighted by Crippen LogP contribution is -2.28. The lowest BCUT2D eigenvalue weighted by atomic mass is 9.92. The van der Waals surface area contributed by atoms with Gasteiger partial charge in [0.2, 0.25) is 0 Å². The van der Waals surface area contributed by atoms with Crippen molar-refractivity contribution in [1.29, 1.82) is 0 Å². The molecule has 0 unspecified atom stereocenters. The van der Waals surface area contributed by atoms with E-state index in [1.165, 1.54) is 12.8 Å². The summed E-state index contributed by atoms with van der Waals surface area (Å²) in [7, 11) is 1.87. The summed E-state index contributed by atoms with van der Waals surface area (Å²) >= 11 is 6.53. The van der Waals surface area contributed by atoms with E-state index in [-0.39, 0.29) is 0 Å². The summed E-state index contributed by atoms with van der Waals surface area (Å²) < 4.78 is 6.94. The molecule has 2 aromatic heterocycles. The van der Waals surface area contributed by atoms with Crippen LogP contribution in [0.5, 0.6) is 0 Å². The first-order valence-electron chi connectivity index (χ1n) is 9.81. The van der Waals surface area contributed by atoms with E-state index in [0.29, 0.717) is 16.5 Å². The molecule has 0 saturated carbocycles. The first kappa shape index (κ1) is 20.4. The lowest BCUT2D eigenvalue weighted by Gasteiger charge is -2.19. The molecule has 0 spiro atoms. The number of nitrogens with one attached hydrogen (secondary N) is 1. The molecule has 6 nitrogen and oxygen atoms in total. The number of likely N-dealkylation sites (tertiary alicyclic amines) is 1. The van der Waals surface area contributed by atoms with Crippen LogP contribution >= 0.6 is 11.6 Å². The molecule has 0 amide bonds. The maximum absolute atomic E-state index is 6.53. The highest BCUT2D eigenvalue weighted by Crippen LogP contribution is 2.30. The summed E-state index contributed by atoms with van der Waals surface area (Å²) in [5.41, 5.74) is 3.01. The third-order valence-corrected chi connectivity index (χ3v) is 5.65. The molecule has 1 aliphatic rings. The van der Waals surface area contributed by atoms with Gasteiger partial charge in [0.25, 0.3) is 0 Å². The minimum atomic E-state index is 0.391. The third kappa shape index (κ3) is 5.33. The van der Waals surface area contributed by atoms with E-state index in [0.717, 1.165) is 55.4 Å². The maximum Gasteiger partial charge on any atom is 0.134 e. The average molecular weight is 394 g/mol. The predicted octanol–water partition coefficient (Wildman–Crippen LogP) is 3.88. The Morgan fingerprint density at radius 1 is 1.37 bits per heavy atom. The first-order valence-corrected chi connectivity index (χ1v) is 10.2.